The Labute approximate surface area is 126 Å². The summed E-state index contributed by atoms with van der Waals surface area (Å²) >= 11 is 6.19. The predicted octanol–water partition coefficient (Wildman–Crippen LogP) is 3.62. The molecule has 0 unspecified atom stereocenters. The monoisotopic (exact) mass is 293 g/mol. The highest BCUT2D eigenvalue weighted by atomic mass is 35.5. The normalized spacial score (nSPS) is 21.6. The second-order valence-corrected chi connectivity index (χ2v) is 6.73. The van der Waals surface area contributed by atoms with E-state index in [0.29, 0.717) is 5.41 Å². The molecule has 2 fully saturated rings. The van der Waals surface area contributed by atoms with Crippen molar-refractivity contribution in [3.05, 3.63) is 22.8 Å². The van der Waals surface area contributed by atoms with E-state index in [1.54, 1.807) is 0 Å². The maximum absolute atomic E-state index is 6.19. The van der Waals surface area contributed by atoms with Crippen molar-refractivity contribution in [3.63, 3.8) is 0 Å². The van der Waals surface area contributed by atoms with Crippen LogP contribution in [0.25, 0.3) is 0 Å². The number of aromatic nitrogens is 1. The van der Waals surface area contributed by atoms with Crippen molar-refractivity contribution in [1.29, 1.82) is 0 Å². The average molecular weight is 294 g/mol. The Morgan fingerprint density at radius 2 is 1.90 bits per heavy atom. The molecule has 0 atom stereocenters. The fourth-order valence-electron chi connectivity index (χ4n) is 3.78. The Morgan fingerprint density at radius 3 is 2.55 bits per heavy atom. The highest BCUT2D eigenvalue weighted by Crippen LogP contribution is 2.46. The van der Waals surface area contributed by atoms with Gasteiger partial charge in [0.05, 0.1) is 10.7 Å². The molecule has 0 bridgehead atoms. The van der Waals surface area contributed by atoms with Crippen LogP contribution in [-0.2, 0) is 6.54 Å². The van der Waals surface area contributed by atoms with Crippen LogP contribution in [0, 0.1) is 5.41 Å². The lowest BCUT2D eigenvalue weighted by Crippen LogP contribution is -2.39. The van der Waals surface area contributed by atoms with Gasteiger partial charge in [-0.25, -0.2) is 4.98 Å². The van der Waals surface area contributed by atoms with E-state index in [9.17, 15) is 0 Å². The number of rotatable bonds is 3. The van der Waals surface area contributed by atoms with Crippen LogP contribution in [0.4, 0.5) is 5.82 Å². The second kappa shape index (κ2) is 5.90. The van der Waals surface area contributed by atoms with E-state index in [-0.39, 0.29) is 0 Å². The van der Waals surface area contributed by atoms with Gasteiger partial charge < -0.3 is 10.2 Å². The zero-order valence-electron chi connectivity index (χ0n) is 12.3. The van der Waals surface area contributed by atoms with Gasteiger partial charge in [0.25, 0.3) is 0 Å². The fraction of sp³-hybridized carbons (Fsp3) is 0.688. The molecular formula is C16H24ClN3. The van der Waals surface area contributed by atoms with E-state index in [0.717, 1.165) is 36.2 Å². The highest BCUT2D eigenvalue weighted by molar-refractivity contribution is 6.31. The molecular weight excluding hydrogens is 270 g/mol. The molecule has 20 heavy (non-hydrogen) atoms. The maximum atomic E-state index is 6.19. The Kier molecular flexibility index (Phi) is 4.18. The Hall–Kier alpha value is -0.800. The van der Waals surface area contributed by atoms with Crippen molar-refractivity contribution in [2.24, 2.45) is 5.41 Å². The van der Waals surface area contributed by atoms with Crippen LogP contribution in [0.5, 0.6) is 0 Å². The average Bonchev–Trinajstić information content (AvgIpc) is 2.91. The second-order valence-electron chi connectivity index (χ2n) is 6.32. The lowest BCUT2D eigenvalue weighted by molar-refractivity contribution is 0.226. The van der Waals surface area contributed by atoms with E-state index in [1.165, 1.54) is 38.5 Å². The molecule has 1 aliphatic heterocycles. The van der Waals surface area contributed by atoms with Crippen LogP contribution in [0.2, 0.25) is 5.02 Å². The predicted molar refractivity (Wildman–Crippen MR) is 84.4 cm³/mol. The molecule has 1 saturated heterocycles. The molecule has 2 aliphatic rings. The molecule has 0 amide bonds. The lowest BCUT2D eigenvalue weighted by atomic mass is 9.77. The number of hydrogen-bond donors (Lipinski definition) is 1. The van der Waals surface area contributed by atoms with E-state index in [2.05, 4.69) is 16.3 Å². The van der Waals surface area contributed by atoms with Crippen molar-refractivity contribution in [2.75, 3.05) is 25.0 Å². The first-order valence-corrected chi connectivity index (χ1v) is 8.15. The molecule has 110 valence electrons. The largest absolute Gasteiger partial charge is 0.357 e. The van der Waals surface area contributed by atoms with Gasteiger partial charge in [0.1, 0.15) is 5.82 Å². The van der Waals surface area contributed by atoms with Crippen LogP contribution in [0.15, 0.2) is 12.1 Å². The highest BCUT2D eigenvalue weighted by Gasteiger charge is 2.37. The maximum Gasteiger partial charge on any atom is 0.128 e. The zero-order chi connectivity index (χ0) is 14.0. The number of nitrogens with zero attached hydrogens (tertiary/aromatic N) is 2. The number of anilines is 1. The SMILES string of the molecule is CNCc1nc(N2CCC3(CCCC3)CC2)ccc1Cl. The van der Waals surface area contributed by atoms with Crippen LogP contribution in [-0.4, -0.2) is 25.1 Å². The number of hydrogen-bond acceptors (Lipinski definition) is 3. The molecule has 4 heteroatoms. The minimum absolute atomic E-state index is 0.663. The zero-order valence-corrected chi connectivity index (χ0v) is 13.0. The molecule has 1 N–H and O–H groups in total. The van der Waals surface area contributed by atoms with E-state index in [4.69, 9.17) is 16.6 Å². The lowest BCUT2D eigenvalue weighted by Gasteiger charge is -2.40. The van der Waals surface area contributed by atoms with Crippen molar-refractivity contribution in [1.82, 2.24) is 10.3 Å². The molecule has 3 rings (SSSR count). The molecule has 1 saturated carbocycles. The summed E-state index contributed by atoms with van der Waals surface area (Å²) in [6, 6.07) is 4.05. The van der Waals surface area contributed by atoms with Crippen LogP contribution >= 0.6 is 11.6 Å². The van der Waals surface area contributed by atoms with Crippen LogP contribution in [0.3, 0.4) is 0 Å². The molecule has 0 radical (unpaired) electrons. The van der Waals surface area contributed by atoms with Gasteiger partial charge in [0, 0.05) is 19.6 Å². The van der Waals surface area contributed by atoms with Crippen LogP contribution < -0.4 is 10.2 Å². The third-order valence-corrected chi connectivity index (χ3v) is 5.40. The molecule has 3 nitrogen and oxygen atoms in total. The van der Waals surface area contributed by atoms with Gasteiger partial charge in [0.2, 0.25) is 0 Å². The molecule has 0 aromatic carbocycles. The van der Waals surface area contributed by atoms with E-state index >= 15 is 0 Å². The molecule has 2 heterocycles. The smallest absolute Gasteiger partial charge is 0.128 e. The minimum atomic E-state index is 0.663. The Morgan fingerprint density at radius 1 is 1.20 bits per heavy atom. The van der Waals surface area contributed by atoms with Gasteiger partial charge in [-0.15, -0.1) is 0 Å². The molecule has 1 aliphatic carbocycles. The summed E-state index contributed by atoms with van der Waals surface area (Å²) in [4.78, 5) is 7.16. The van der Waals surface area contributed by atoms with Gasteiger partial charge in [-0.05, 0) is 50.3 Å². The Bertz CT molecular complexity index is 459. The summed E-state index contributed by atoms with van der Waals surface area (Å²) in [6.07, 6.45) is 8.42. The van der Waals surface area contributed by atoms with E-state index < -0.39 is 0 Å². The van der Waals surface area contributed by atoms with Crippen molar-refractivity contribution >= 4 is 17.4 Å². The number of nitrogens with one attached hydrogen (secondary N) is 1. The first-order valence-electron chi connectivity index (χ1n) is 7.77. The van der Waals surface area contributed by atoms with Gasteiger partial charge in [-0.1, -0.05) is 24.4 Å². The number of pyridine rings is 1. The quantitative estimate of drug-likeness (QED) is 0.923. The van der Waals surface area contributed by atoms with Crippen LogP contribution in [0.1, 0.15) is 44.2 Å². The van der Waals surface area contributed by atoms with Crippen molar-refractivity contribution < 1.29 is 0 Å². The summed E-state index contributed by atoms with van der Waals surface area (Å²) in [5.74, 6) is 1.09. The third-order valence-electron chi connectivity index (χ3n) is 5.06. The molecule has 1 aromatic rings. The van der Waals surface area contributed by atoms with Crippen molar-refractivity contribution in [3.8, 4) is 0 Å². The van der Waals surface area contributed by atoms with E-state index in [1.807, 2.05) is 13.1 Å². The summed E-state index contributed by atoms with van der Waals surface area (Å²) in [5.41, 5.74) is 1.62. The number of halogens is 1. The minimum Gasteiger partial charge on any atom is -0.357 e. The number of piperidine rings is 1. The third kappa shape index (κ3) is 2.79. The fourth-order valence-corrected chi connectivity index (χ4v) is 3.95. The first-order chi connectivity index (χ1) is 9.72. The Balaban J connectivity index is 1.69. The summed E-state index contributed by atoms with van der Waals surface area (Å²) in [6.45, 7) is 3.02. The van der Waals surface area contributed by atoms with Gasteiger partial charge in [-0.3, -0.25) is 0 Å². The van der Waals surface area contributed by atoms with Gasteiger partial charge >= 0.3 is 0 Å². The first kappa shape index (κ1) is 14.2. The molecule has 1 aromatic heterocycles. The topological polar surface area (TPSA) is 28.2 Å². The van der Waals surface area contributed by atoms with Gasteiger partial charge in [-0.2, -0.15) is 0 Å². The molecule has 1 spiro atoms. The van der Waals surface area contributed by atoms with Gasteiger partial charge in [0.15, 0.2) is 0 Å². The summed E-state index contributed by atoms with van der Waals surface area (Å²) in [7, 11) is 1.93. The standard InChI is InChI=1S/C16H24ClN3/c1-18-12-14-13(17)4-5-15(19-14)20-10-8-16(9-11-20)6-2-3-7-16/h4-5,18H,2-3,6-12H2,1H3. The summed E-state index contributed by atoms with van der Waals surface area (Å²) in [5, 5.41) is 3.89. The van der Waals surface area contributed by atoms with Crippen molar-refractivity contribution in [2.45, 2.75) is 45.1 Å². The summed E-state index contributed by atoms with van der Waals surface area (Å²) < 4.78 is 0.